The number of carboxylic acid groups (broad SMARTS) is 1. The van der Waals surface area contributed by atoms with Gasteiger partial charge in [-0.2, -0.15) is 5.26 Å². The van der Waals surface area contributed by atoms with Gasteiger partial charge in [-0.15, -0.1) is 0 Å². The summed E-state index contributed by atoms with van der Waals surface area (Å²) in [7, 11) is 0. The Bertz CT molecular complexity index is 525. The Morgan fingerprint density at radius 3 is 2.84 bits per heavy atom. The maximum absolute atomic E-state index is 13.5. The zero-order valence-electron chi connectivity index (χ0n) is 10.4. The van der Waals surface area contributed by atoms with Crippen molar-refractivity contribution in [3.05, 3.63) is 29.6 Å². The zero-order chi connectivity index (χ0) is 13.8. The van der Waals surface area contributed by atoms with Crippen LogP contribution in [0.1, 0.15) is 31.2 Å². The van der Waals surface area contributed by atoms with Crippen molar-refractivity contribution in [3.63, 3.8) is 0 Å². The molecule has 0 aromatic heterocycles. The van der Waals surface area contributed by atoms with Gasteiger partial charge >= 0.3 is 5.97 Å². The van der Waals surface area contributed by atoms with Crippen molar-refractivity contribution >= 4 is 11.7 Å². The summed E-state index contributed by atoms with van der Waals surface area (Å²) >= 11 is 0. The minimum atomic E-state index is -0.841. The van der Waals surface area contributed by atoms with Crippen LogP contribution >= 0.6 is 0 Å². The van der Waals surface area contributed by atoms with E-state index < -0.39 is 17.7 Å². The molecular formula is C14H15FN2O2. The van der Waals surface area contributed by atoms with Crippen molar-refractivity contribution in [3.8, 4) is 6.07 Å². The molecule has 0 bridgehead atoms. The summed E-state index contributed by atoms with van der Waals surface area (Å²) in [4.78, 5) is 11.2. The van der Waals surface area contributed by atoms with Gasteiger partial charge < -0.3 is 10.4 Å². The highest BCUT2D eigenvalue weighted by molar-refractivity contribution is 5.72. The lowest BCUT2D eigenvalue weighted by Crippen LogP contribution is -2.37. The van der Waals surface area contributed by atoms with Crippen LogP contribution in [0.15, 0.2) is 18.2 Å². The Morgan fingerprint density at radius 2 is 2.16 bits per heavy atom. The van der Waals surface area contributed by atoms with E-state index in [1.54, 1.807) is 6.07 Å². The fraction of sp³-hybridized carbons (Fsp3) is 0.429. The SMILES string of the molecule is N#Cc1c(F)cccc1NC1CCCCC1C(=O)O. The average Bonchev–Trinajstić information content (AvgIpc) is 2.39. The highest BCUT2D eigenvalue weighted by Crippen LogP contribution is 2.29. The molecule has 19 heavy (non-hydrogen) atoms. The number of hydrogen-bond donors (Lipinski definition) is 2. The second-order valence-corrected chi connectivity index (χ2v) is 4.75. The van der Waals surface area contributed by atoms with Gasteiger partial charge in [0.15, 0.2) is 0 Å². The van der Waals surface area contributed by atoms with Gasteiger partial charge in [-0.1, -0.05) is 18.9 Å². The summed E-state index contributed by atoms with van der Waals surface area (Å²) in [5.41, 5.74) is 0.317. The first-order valence-electron chi connectivity index (χ1n) is 6.31. The van der Waals surface area contributed by atoms with Crippen molar-refractivity contribution in [2.75, 3.05) is 5.32 Å². The van der Waals surface area contributed by atoms with Crippen LogP contribution in [0.2, 0.25) is 0 Å². The molecule has 0 aliphatic heterocycles. The number of halogens is 1. The molecule has 100 valence electrons. The number of nitriles is 1. The van der Waals surface area contributed by atoms with Gasteiger partial charge in [0.05, 0.1) is 11.6 Å². The van der Waals surface area contributed by atoms with E-state index in [1.165, 1.54) is 12.1 Å². The highest BCUT2D eigenvalue weighted by atomic mass is 19.1. The monoisotopic (exact) mass is 262 g/mol. The molecule has 1 aliphatic rings. The molecule has 1 aliphatic carbocycles. The molecule has 1 fully saturated rings. The predicted octanol–water partition coefficient (Wildman–Crippen LogP) is 2.75. The maximum Gasteiger partial charge on any atom is 0.308 e. The van der Waals surface area contributed by atoms with Gasteiger partial charge in [0.1, 0.15) is 17.4 Å². The summed E-state index contributed by atoms with van der Waals surface area (Å²) in [6.07, 6.45) is 3.17. The molecular weight excluding hydrogens is 247 g/mol. The number of aliphatic carboxylic acids is 1. The van der Waals surface area contributed by atoms with E-state index in [1.807, 2.05) is 6.07 Å². The Labute approximate surface area is 110 Å². The Balaban J connectivity index is 2.22. The highest BCUT2D eigenvalue weighted by Gasteiger charge is 2.31. The molecule has 0 heterocycles. The largest absolute Gasteiger partial charge is 0.481 e. The van der Waals surface area contributed by atoms with Crippen LogP contribution in [-0.4, -0.2) is 17.1 Å². The van der Waals surface area contributed by atoms with Crippen molar-refractivity contribution in [1.82, 2.24) is 0 Å². The minimum absolute atomic E-state index is 0.0581. The van der Waals surface area contributed by atoms with Crippen molar-refractivity contribution < 1.29 is 14.3 Å². The molecule has 2 unspecified atom stereocenters. The molecule has 4 nitrogen and oxygen atoms in total. The normalized spacial score (nSPS) is 22.5. The smallest absolute Gasteiger partial charge is 0.308 e. The number of benzene rings is 1. The molecule has 1 aromatic rings. The van der Waals surface area contributed by atoms with E-state index in [2.05, 4.69) is 5.32 Å². The summed E-state index contributed by atoms with van der Waals surface area (Å²) in [5.74, 6) is -1.91. The minimum Gasteiger partial charge on any atom is -0.481 e. The number of nitrogens with zero attached hydrogens (tertiary/aromatic N) is 1. The first-order valence-corrected chi connectivity index (χ1v) is 6.31. The number of nitrogens with one attached hydrogen (secondary N) is 1. The van der Waals surface area contributed by atoms with E-state index in [4.69, 9.17) is 5.26 Å². The third-order valence-corrected chi connectivity index (χ3v) is 3.55. The second-order valence-electron chi connectivity index (χ2n) is 4.75. The number of carbonyl (C=O) groups is 1. The van der Waals surface area contributed by atoms with Gasteiger partial charge in [0, 0.05) is 6.04 Å². The molecule has 5 heteroatoms. The average molecular weight is 262 g/mol. The number of rotatable bonds is 3. The first kappa shape index (κ1) is 13.3. The lowest BCUT2D eigenvalue weighted by molar-refractivity contribution is -0.143. The summed E-state index contributed by atoms with van der Waals surface area (Å²) in [6.45, 7) is 0. The maximum atomic E-state index is 13.5. The number of hydrogen-bond acceptors (Lipinski definition) is 3. The third kappa shape index (κ3) is 2.84. The summed E-state index contributed by atoms with van der Waals surface area (Å²) in [5, 5.41) is 21.2. The molecule has 2 N–H and O–H groups in total. The number of anilines is 1. The van der Waals surface area contributed by atoms with Crippen LogP contribution in [-0.2, 0) is 4.79 Å². The first-order chi connectivity index (χ1) is 9.13. The Morgan fingerprint density at radius 1 is 1.42 bits per heavy atom. The van der Waals surface area contributed by atoms with Gasteiger partial charge in [0.25, 0.3) is 0 Å². The lowest BCUT2D eigenvalue weighted by atomic mass is 9.84. The summed E-state index contributed by atoms with van der Waals surface area (Å²) < 4.78 is 13.5. The fourth-order valence-corrected chi connectivity index (χ4v) is 2.56. The van der Waals surface area contributed by atoms with Crippen LogP contribution in [0.3, 0.4) is 0 Å². The van der Waals surface area contributed by atoms with Crippen molar-refractivity contribution in [2.24, 2.45) is 5.92 Å². The van der Waals surface area contributed by atoms with Gasteiger partial charge in [-0.05, 0) is 25.0 Å². The predicted molar refractivity (Wildman–Crippen MR) is 68.1 cm³/mol. The molecule has 2 atom stereocenters. The summed E-state index contributed by atoms with van der Waals surface area (Å²) in [6, 6.07) is 5.90. The standard InChI is InChI=1S/C14H15FN2O2/c15-11-5-3-7-13(10(11)8-16)17-12-6-2-1-4-9(12)14(18)19/h3,5,7,9,12,17H,1-2,4,6H2,(H,18,19). The van der Waals surface area contributed by atoms with Crippen LogP contribution < -0.4 is 5.32 Å². The molecule has 0 spiro atoms. The van der Waals surface area contributed by atoms with Gasteiger partial charge in [-0.3, -0.25) is 4.79 Å². The van der Waals surface area contributed by atoms with Gasteiger partial charge in [0.2, 0.25) is 0 Å². The Kier molecular flexibility index (Phi) is 4.00. The molecule has 0 radical (unpaired) electrons. The van der Waals surface area contributed by atoms with Crippen molar-refractivity contribution in [1.29, 1.82) is 5.26 Å². The fourth-order valence-electron chi connectivity index (χ4n) is 2.56. The van der Waals surface area contributed by atoms with Crippen molar-refractivity contribution in [2.45, 2.75) is 31.7 Å². The Hall–Kier alpha value is -2.09. The second kappa shape index (κ2) is 5.70. The van der Waals surface area contributed by atoms with Gasteiger partial charge in [-0.25, -0.2) is 4.39 Å². The third-order valence-electron chi connectivity index (χ3n) is 3.55. The molecule has 2 rings (SSSR count). The van der Waals surface area contributed by atoms with E-state index in [-0.39, 0.29) is 11.6 Å². The van der Waals surface area contributed by atoms with Crippen LogP contribution in [0.25, 0.3) is 0 Å². The topological polar surface area (TPSA) is 73.1 Å². The van der Waals surface area contributed by atoms with E-state index >= 15 is 0 Å². The van der Waals surface area contributed by atoms with E-state index in [9.17, 15) is 14.3 Å². The van der Waals surface area contributed by atoms with Crippen LogP contribution in [0.4, 0.5) is 10.1 Å². The molecule has 1 aromatic carbocycles. The lowest BCUT2D eigenvalue weighted by Gasteiger charge is -2.30. The molecule has 0 amide bonds. The molecule has 0 saturated heterocycles. The number of carboxylic acids is 1. The van der Waals surface area contributed by atoms with E-state index in [0.717, 1.165) is 19.3 Å². The van der Waals surface area contributed by atoms with Crippen LogP contribution in [0, 0.1) is 23.1 Å². The van der Waals surface area contributed by atoms with E-state index in [0.29, 0.717) is 12.1 Å². The quantitative estimate of drug-likeness (QED) is 0.878. The zero-order valence-corrected chi connectivity index (χ0v) is 10.4. The van der Waals surface area contributed by atoms with Crippen LogP contribution in [0.5, 0.6) is 0 Å². The molecule has 1 saturated carbocycles.